The first-order chi connectivity index (χ1) is 14.2. The zero-order chi connectivity index (χ0) is 21.8. The van der Waals surface area contributed by atoms with Crippen molar-refractivity contribution in [1.82, 2.24) is 9.80 Å². The largest absolute Gasteiger partial charge is 0.444 e. The summed E-state index contributed by atoms with van der Waals surface area (Å²) in [4.78, 5) is 29.3. The van der Waals surface area contributed by atoms with Gasteiger partial charge in [0.15, 0.2) is 0 Å². The molecule has 166 valence electrons. The third-order valence-electron chi connectivity index (χ3n) is 6.12. The lowest BCUT2D eigenvalue weighted by molar-refractivity contribution is -0.0399. The van der Waals surface area contributed by atoms with Crippen LogP contribution in [0.2, 0.25) is 0 Å². The highest BCUT2D eigenvalue weighted by atomic mass is 16.6. The molecular formula is C24H36N2O4. The van der Waals surface area contributed by atoms with E-state index in [2.05, 4.69) is 19.1 Å². The number of benzene rings is 1. The predicted molar refractivity (Wildman–Crippen MR) is 116 cm³/mol. The van der Waals surface area contributed by atoms with E-state index in [0.717, 1.165) is 37.7 Å². The monoisotopic (exact) mass is 416 g/mol. The van der Waals surface area contributed by atoms with Crippen molar-refractivity contribution >= 4 is 12.2 Å². The molecule has 1 spiro atoms. The van der Waals surface area contributed by atoms with Gasteiger partial charge in [-0.25, -0.2) is 9.59 Å². The minimum atomic E-state index is -0.512. The van der Waals surface area contributed by atoms with Crippen molar-refractivity contribution in [3.63, 3.8) is 0 Å². The van der Waals surface area contributed by atoms with E-state index in [1.807, 2.05) is 43.9 Å². The lowest BCUT2D eigenvalue weighted by Gasteiger charge is -2.39. The molecule has 1 aromatic rings. The number of hydrogen-bond acceptors (Lipinski definition) is 4. The Morgan fingerprint density at radius 3 is 2.43 bits per heavy atom. The van der Waals surface area contributed by atoms with Crippen molar-refractivity contribution in [2.24, 2.45) is 0 Å². The van der Waals surface area contributed by atoms with Crippen LogP contribution < -0.4 is 0 Å². The number of hydrogen-bond donors (Lipinski definition) is 0. The first kappa shape index (κ1) is 22.4. The molecule has 2 aliphatic heterocycles. The summed E-state index contributed by atoms with van der Waals surface area (Å²) in [5.74, 6) is 0. The second-order valence-electron chi connectivity index (χ2n) is 9.61. The van der Waals surface area contributed by atoms with Crippen molar-refractivity contribution in [3.8, 4) is 0 Å². The molecule has 2 saturated heterocycles. The van der Waals surface area contributed by atoms with Gasteiger partial charge in [-0.05, 0) is 65.4 Å². The van der Waals surface area contributed by atoms with Gasteiger partial charge in [0.05, 0.1) is 6.04 Å². The van der Waals surface area contributed by atoms with Crippen molar-refractivity contribution in [1.29, 1.82) is 0 Å². The molecule has 6 nitrogen and oxygen atoms in total. The number of ether oxygens (including phenoxy) is 2. The summed E-state index contributed by atoms with van der Waals surface area (Å²) in [6.07, 6.45) is 4.56. The van der Waals surface area contributed by atoms with Gasteiger partial charge in [0.1, 0.15) is 11.2 Å². The molecule has 1 aromatic carbocycles. The van der Waals surface area contributed by atoms with Crippen LogP contribution in [-0.2, 0) is 9.47 Å². The minimum Gasteiger partial charge on any atom is -0.444 e. The quantitative estimate of drug-likeness (QED) is 0.636. The third-order valence-corrected chi connectivity index (χ3v) is 6.12. The van der Waals surface area contributed by atoms with Crippen molar-refractivity contribution < 1.29 is 19.1 Å². The molecule has 2 aliphatic rings. The summed E-state index contributed by atoms with van der Waals surface area (Å²) in [7, 11) is 0. The fraction of sp³-hybridized carbons (Fsp3) is 0.667. The van der Waals surface area contributed by atoms with E-state index in [1.165, 1.54) is 0 Å². The van der Waals surface area contributed by atoms with Gasteiger partial charge in [-0.15, -0.1) is 0 Å². The maximum Gasteiger partial charge on any atom is 0.410 e. The maximum absolute atomic E-state index is 13.2. The summed E-state index contributed by atoms with van der Waals surface area (Å²) in [6.45, 7) is 9.59. The highest BCUT2D eigenvalue weighted by Crippen LogP contribution is 2.36. The van der Waals surface area contributed by atoms with E-state index >= 15 is 0 Å². The van der Waals surface area contributed by atoms with Gasteiger partial charge in [-0.2, -0.15) is 0 Å². The summed E-state index contributed by atoms with van der Waals surface area (Å²) < 4.78 is 11.7. The van der Waals surface area contributed by atoms with Crippen LogP contribution in [0.4, 0.5) is 9.59 Å². The number of amides is 2. The van der Waals surface area contributed by atoms with Crippen LogP contribution in [0.15, 0.2) is 30.3 Å². The Hall–Kier alpha value is -2.24. The Morgan fingerprint density at radius 1 is 1.03 bits per heavy atom. The second-order valence-corrected chi connectivity index (χ2v) is 9.61. The molecule has 2 atom stereocenters. The van der Waals surface area contributed by atoms with E-state index in [-0.39, 0.29) is 18.2 Å². The third kappa shape index (κ3) is 5.67. The molecule has 0 radical (unpaired) electrons. The Balaban J connectivity index is 1.69. The molecule has 0 aliphatic carbocycles. The van der Waals surface area contributed by atoms with E-state index in [4.69, 9.17) is 9.47 Å². The molecular weight excluding hydrogens is 380 g/mol. The zero-order valence-electron chi connectivity index (χ0n) is 18.9. The Labute approximate surface area is 180 Å². The zero-order valence-corrected chi connectivity index (χ0v) is 18.9. The van der Waals surface area contributed by atoms with E-state index in [1.54, 1.807) is 4.90 Å². The SMILES string of the molecule is C[C@@H](c1ccccc1)N1CCCCC2(CCCN(C(=O)OC(C)(C)C)CC2)OC1=O. The second kappa shape index (κ2) is 9.27. The number of carbonyl (C=O) groups excluding carboxylic acids is 2. The van der Waals surface area contributed by atoms with Gasteiger partial charge in [-0.1, -0.05) is 30.3 Å². The summed E-state index contributed by atoms with van der Waals surface area (Å²) in [5, 5.41) is 0. The summed E-state index contributed by atoms with van der Waals surface area (Å²) >= 11 is 0. The van der Waals surface area contributed by atoms with Gasteiger partial charge in [0, 0.05) is 26.1 Å². The van der Waals surface area contributed by atoms with Gasteiger partial charge in [0.25, 0.3) is 0 Å². The van der Waals surface area contributed by atoms with Crippen LogP contribution in [-0.4, -0.2) is 52.8 Å². The molecule has 2 heterocycles. The van der Waals surface area contributed by atoms with Crippen LogP contribution in [0.1, 0.15) is 77.8 Å². The fourth-order valence-electron chi connectivity index (χ4n) is 4.41. The van der Waals surface area contributed by atoms with Gasteiger partial charge in [0.2, 0.25) is 0 Å². The van der Waals surface area contributed by atoms with E-state index in [9.17, 15) is 9.59 Å². The van der Waals surface area contributed by atoms with Gasteiger partial charge in [-0.3, -0.25) is 0 Å². The number of likely N-dealkylation sites (tertiary alicyclic amines) is 1. The lowest BCUT2D eigenvalue weighted by Crippen LogP contribution is -2.45. The molecule has 3 rings (SSSR count). The molecule has 0 aromatic heterocycles. The van der Waals surface area contributed by atoms with Crippen LogP contribution >= 0.6 is 0 Å². The predicted octanol–water partition coefficient (Wildman–Crippen LogP) is 5.53. The van der Waals surface area contributed by atoms with Gasteiger partial charge < -0.3 is 19.3 Å². The molecule has 1 unspecified atom stereocenters. The van der Waals surface area contributed by atoms with Crippen LogP contribution in [0.5, 0.6) is 0 Å². The van der Waals surface area contributed by atoms with Crippen LogP contribution in [0.3, 0.4) is 0 Å². The first-order valence-corrected chi connectivity index (χ1v) is 11.2. The van der Waals surface area contributed by atoms with E-state index in [0.29, 0.717) is 26.1 Å². The highest BCUT2D eigenvalue weighted by molar-refractivity contribution is 5.69. The highest BCUT2D eigenvalue weighted by Gasteiger charge is 2.40. The van der Waals surface area contributed by atoms with Crippen LogP contribution in [0, 0.1) is 0 Å². The maximum atomic E-state index is 13.2. The number of nitrogens with zero attached hydrogens (tertiary/aromatic N) is 2. The molecule has 30 heavy (non-hydrogen) atoms. The topological polar surface area (TPSA) is 59.1 Å². The summed E-state index contributed by atoms with van der Waals surface area (Å²) in [5.41, 5.74) is 0.103. The molecule has 2 amide bonds. The first-order valence-electron chi connectivity index (χ1n) is 11.2. The Bertz CT molecular complexity index is 730. The standard InChI is InChI=1S/C24H36N2O4/c1-19(20-11-6-5-7-12-20)26-17-9-8-13-24(30-22(26)28)14-10-16-25(18-15-24)21(27)29-23(2,3)4/h5-7,11-12,19H,8-10,13-18H2,1-4H3/t19-,24?/m0/s1. The molecule has 0 N–H and O–H groups in total. The van der Waals surface area contributed by atoms with Crippen molar-refractivity contribution in [2.45, 2.75) is 83.5 Å². The lowest BCUT2D eigenvalue weighted by atomic mass is 9.88. The van der Waals surface area contributed by atoms with Gasteiger partial charge >= 0.3 is 12.2 Å². The Morgan fingerprint density at radius 2 is 1.73 bits per heavy atom. The van der Waals surface area contributed by atoms with E-state index < -0.39 is 11.2 Å². The average Bonchev–Trinajstić information content (AvgIpc) is 2.89. The number of carbonyl (C=O) groups is 2. The van der Waals surface area contributed by atoms with Crippen molar-refractivity contribution in [2.75, 3.05) is 19.6 Å². The molecule has 6 heteroatoms. The number of rotatable bonds is 2. The summed E-state index contributed by atoms with van der Waals surface area (Å²) in [6, 6.07) is 10.1. The fourth-order valence-corrected chi connectivity index (χ4v) is 4.41. The van der Waals surface area contributed by atoms with Crippen molar-refractivity contribution in [3.05, 3.63) is 35.9 Å². The molecule has 2 fully saturated rings. The van der Waals surface area contributed by atoms with Crippen LogP contribution in [0.25, 0.3) is 0 Å². The normalized spacial score (nSPS) is 24.5. The minimum absolute atomic E-state index is 0.0297. The smallest absolute Gasteiger partial charge is 0.410 e. The average molecular weight is 417 g/mol. The Kier molecular flexibility index (Phi) is 6.94. The molecule has 0 saturated carbocycles. The molecule has 0 bridgehead atoms.